The first-order valence-corrected chi connectivity index (χ1v) is 12.4. The first kappa shape index (κ1) is 23.6. The smallest absolute Gasteiger partial charge is 0.271 e. The van der Waals surface area contributed by atoms with E-state index < -0.39 is 15.1 Å². The largest absolute Gasteiger partial charge is 0.493 e. The number of aromatic nitrogens is 2. The Morgan fingerprint density at radius 3 is 2.15 bits per heavy atom. The minimum atomic E-state index is -3.42. The van der Waals surface area contributed by atoms with E-state index in [2.05, 4.69) is 10.2 Å². The first-order valence-electron chi connectivity index (χ1n) is 10.8. The minimum absolute atomic E-state index is 0.221. The number of H-pyrrole nitrogens is 1. The molecule has 4 rings (SSSR count). The van der Waals surface area contributed by atoms with E-state index in [1.165, 1.54) is 21.3 Å². The molecule has 1 aliphatic heterocycles. The lowest BCUT2D eigenvalue weighted by Gasteiger charge is -2.31. The van der Waals surface area contributed by atoms with E-state index in [0.717, 1.165) is 0 Å². The molecule has 0 radical (unpaired) electrons. The number of nitrogens with zero attached hydrogens (tertiary/aromatic N) is 2. The molecule has 3 aromatic rings. The number of rotatable bonds is 7. The first-order chi connectivity index (χ1) is 16.4. The van der Waals surface area contributed by atoms with Gasteiger partial charge in [-0.3, -0.25) is 9.89 Å². The van der Waals surface area contributed by atoms with Crippen molar-refractivity contribution in [2.45, 2.75) is 23.0 Å². The van der Waals surface area contributed by atoms with Crippen molar-refractivity contribution in [3.63, 3.8) is 0 Å². The average molecular weight is 486 g/mol. The van der Waals surface area contributed by atoms with E-state index >= 15 is 0 Å². The maximum Gasteiger partial charge on any atom is 0.271 e. The molecule has 0 saturated carbocycles. The van der Waals surface area contributed by atoms with Crippen LogP contribution in [0.25, 0.3) is 11.3 Å². The van der Waals surface area contributed by atoms with Gasteiger partial charge in [-0.1, -0.05) is 18.2 Å². The lowest BCUT2D eigenvalue weighted by molar-refractivity contribution is 0.0719. The van der Waals surface area contributed by atoms with E-state index in [1.807, 2.05) is 0 Å². The number of likely N-dealkylation sites (tertiary alicyclic amines) is 1. The normalized spacial score (nSPS) is 14.6. The molecule has 1 saturated heterocycles. The van der Waals surface area contributed by atoms with Gasteiger partial charge in [0.1, 0.15) is 5.69 Å². The Kier molecular flexibility index (Phi) is 6.78. The number of amides is 1. The molecule has 2 aromatic carbocycles. The molecule has 1 aromatic heterocycles. The van der Waals surface area contributed by atoms with Gasteiger partial charge in [-0.25, -0.2) is 8.42 Å². The molecule has 0 aliphatic carbocycles. The van der Waals surface area contributed by atoms with Gasteiger partial charge in [0.25, 0.3) is 5.91 Å². The molecular weight excluding hydrogens is 458 g/mol. The number of sulfone groups is 1. The summed E-state index contributed by atoms with van der Waals surface area (Å²) in [6, 6.07) is 13.6. The van der Waals surface area contributed by atoms with E-state index in [-0.39, 0.29) is 5.91 Å². The third-order valence-corrected chi connectivity index (χ3v) is 8.29. The minimum Gasteiger partial charge on any atom is -0.493 e. The van der Waals surface area contributed by atoms with Crippen LogP contribution in [0.15, 0.2) is 53.4 Å². The number of ether oxygens (including phenoxy) is 3. The summed E-state index contributed by atoms with van der Waals surface area (Å²) in [6.07, 6.45) is 0.772. The zero-order chi connectivity index (χ0) is 24.3. The van der Waals surface area contributed by atoms with Gasteiger partial charge in [0.05, 0.1) is 37.2 Å². The summed E-state index contributed by atoms with van der Waals surface area (Å²) in [7, 11) is 1.17. The number of carbonyl (C=O) groups is 1. The van der Waals surface area contributed by atoms with Crippen LogP contribution >= 0.6 is 0 Å². The van der Waals surface area contributed by atoms with Gasteiger partial charge in [-0.05, 0) is 43.2 Å². The number of benzene rings is 2. The van der Waals surface area contributed by atoms with Gasteiger partial charge in [0.2, 0.25) is 5.75 Å². The van der Waals surface area contributed by atoms with Crippen LogP contribution in [0, 0.1) is 0 Å². The monoisotopic (exact) mass is 485 g/mol. The highest BCUT2D eigenvalue weighted by Gasteiger charge is 2.33. The Morgan fingerprint density at radius 1 is 0.971 bits per heavy atom. The van der Waals surface area contributed by atoms with Gasteiger partial charge in [-0.15, -0.1) is 0 Å². The number of carbonyl (C=O) groups excluding carboxylic acids is 1. The molecule has 1 N–H and O–H groups in total. The van der Waals surface area contributed by atoms with Crippen LogP contribution in [0.5, 0.6) is 17.2 Å². The van der Waals surface area contributed by atoms with Crippen LogP contribution in [-0.4, -0.2) is 69.1 Å². The zero-order valence-corrected chi connectivity index (χ0v) is 20.1. The van der Waals surface area contributed by atoms with Crippen LogP contribution in [0.3, 0.4) is 0 Å². The summed E-state index contributed by atoms with van der Waals surface area (Å²) >= 11 is 0. The van der Waals surface area contributed by atoms with Crippen molar-refractivity contribution >= 4 is 15.7 Å². The number of piperidine rings is 1. The van der Waals surface area contributed by atoms with Crippen LogP contribution in [-0.2, 0) is 9.84 Å². The van der Waals surface area contributed by atoms with Gasteiger partial charge in [-0.2, -0.15) is 5.10 Å². The van der Waals surface area contributed by atoms with Gasteiger partial charge < -0.3 is 19.1 Å². The van der Waals surface area contributed by atoms with Crippen molar-refractivity contribution in [2.24, 2.45) is 0 Å². The summed E-state index contributed by atoms with van der Waals surface area (Å²) < 4.78 is 41.9. The van der Waals surface area contributed by atoms with Crippen molar-refractivity contribution in [3.8, 4) is 28.5 Å². The van der Waals surface area contributed by atoms with Crippen LogP contribution in [0.2, 0.25) is 0 Å². The highest BCUT2D eigenvalue weighted by atomic mass is 32.2. The highest BCUT2D eigenvalue weighted by Crippen LogP contribution is 2.41. The van der Waals surface area contributed by atoms with Crippen molar-refractivity contribution in [1.29, 1.82) is 0 Å². The fourth-order valence-corrected chi connectivity index (χ4v) is 5.90. The van der Waals surface area contributed by atoms with Gasteiger partial charge in [0, 0.05) is 18.7 Å². The summed E-state index contributed by atoms with van der Waals surface area (Å²) in [5.41, 5.74) is 1.56. The molecule has 0 bridgehead atoms. The molecule has 2 heterocycles. The van der Waals surface area contributed by atoms with Gasteiger partial charge >= 0.3 is 0 Å². The number of hydrogen-bond acceptors (Lipinski definition) is 7. The Balaban J connectivity index is 1.48. The lowest BCUT2D eigenvalue weighted by Crippen LogP contribution is -2.42. The predicted molar refractivity (Wildman–Crippen MR) is 126 cm³/mol. The molecule has 0 spiro atoms. The van der Waals surface area contributed by atoms with Crippen molar-refractivity contribution in [1.82, 2.24) is 15.1 Å². The van der Waals surface area contributed by atoms with E-state index in [4.69, 9.17) is 14.2 Å². The number of aromatic amines is 1. The molecule has 10 heteroatoms. The second-order valence-electron chi connectivity index (χ2n) is 7.93. The lowest BCUT2D eigenvalue weighted by atomic mass is 10.1. The third kappa shape index (κ3) is 4.45. The molecule has 1 aliphatic rings. The summed E-state index contributed by atoms with van der Waals surface area (Å²) in [5, 5.41) is 6.58. The summed E-state index contributed by atoms with van der Waals surface area (Å²) in [6.45, 7) is 0.711. The second kappa shape index (κ2) is 9.76. The Morgan fingerprint density at radius 2 is 1.59 bits per heavy atom. The Bertz CT molecular complexity index is 1240. The fraction of sp³-hybridized carbons (Fsp3) is 0.333. The van der Waals surface area contributed by atoms with Crippen molar-refractivity contribution in [2.75, 3.05) is 34.4 Å². The summed E-state index contributed by atoms with van der Waals surface area (Å²) in [5.74, 6) is 1.21. The highest BCUT2D eigenvalue weighted by molar-refractivity contribution is 7.92. The van der Waals surface area contributed by atoms with Crippen LogP contribution in [0.4, 0.5) is 0 Å². The molecule has 1 amide bonds. The molecule has 9 nitrogen and oxygen atoms in total. The maximum absolute atomic E-state index is 13.1. The quantitative estimate of drug-likeness (QED) is 0.547. The molecule has 0 atom stereocenters. The van der Waals surface area contributed by atoms with Crippen molar-refractivity contribution in [3.05, 3.63) is 54.2 Å². The number of hydrogen-bond donors (Lipinski definition) is 1. The Labute approximate surface area is 198 Å². The SMILES string of the molecule is COc1cc(-c2cc(C(=O)N3CCC(S(=O)(=O)c4ccccc4)CC3)[nH]n2)cc(OC)c1OC. The number of methoxy groups -OCH3 is 3. The Hall–Kier alpha value is -3.53. The standard InChI is InChI=1S/C24H27N3O6S/c1-31-21-13-16(14-22(32-2)23(21)33-3)19-15-20(26-25-19)24(28)27-11-9-18(10-12-27)34(29,30)17-7-5-4-6-8-17/h4-8,13-15,18H,9-12H2,1-3H3,(H,25,26). The van der Waals surface area contributed by atoms with Crippen LogP contribution in [0.1, 0.15) is 23.3 Å². The van der Waals surface area contributed by atoms with Gasteiger partial charge in [0.15, 0.2) is 21.3 Å². The topological polar surface area (TPSA) is 111 Å². The number of nitrogens with one attached hydrogen (secondary N) is 1. The summed E-state index contributed by atoms with van der Waals surface area (Å²) in [4.78, 5) is 15.0. The molecular formula is C24H27N3O6S. The molecule has 180 valence electrons. The van der Waals surface area contributed by atoms with Crippen LogP contribution < -0.4 is 14.2 Å². The molecule has 34 heavy (non-hydrogen) atoms. The third-order valence-electron chi connectivity index (χ3n) is 6.01. The molecule has 1 fully saturated rings. The second-order valence-corrected chi connectivity index (χ2v) is 10.2. The average Bonchev–Trinajstić information content (AvgIpc) is 3.38. The van der Waals surface area contributed by atoms with E-state index in [1.54, 1.807) is 53.4 Å². The zero-order valence-electron chi connectivity index (χ0n) is 19.3. The van der Waals surface area contributed by atoms with Crippen molar-refractivity contribution < 1.29 is 27.4 Å². The van der Waals surface area contributed by atoms with E-state index in [9.17, 15) is 13.2 Å². The van der Waals surface area contributed by atoms with E-state index in [0.29, 0.717) is 65.0 Å². The fourth-order valence-electron chi connectivity index (χ4n) is 4.15. The predicted octanol–water partition coefficient (Wildman–Crippen LogP) is 3.18. The maximum atomic E-state index is 13.1. The molecule has 0 unspecified atom stereocenters.